The van der Waals surface area contributed by atoms with Gasteiger partial charge in [0, 0.05) is 18.6 Å². The van der Waals surface area contributed by atoms with Gasteiger partial charge in [0.2, 0.25) is 0 Å². The summed E-state index contributed by atoms with van der Waals surface area (Å²) in [5.74, 6) is 0. The maximum Gasteiger partial charge on any atom is 0 e. The third-order valence-electron chi connectivity index (χ3n) is 0.981. The number of hydrogen-bond acceptors (Lipinski definition) is 1. The van der Waals surface area contributed by atoms with E-state index in [0.717, 1.165) is 19.8 Å². The zero-order valence-electron chi connectivity index (χ0n) is 4.46. The van der Waals surface area contributed by atoms with Crippen LogP contribution >= 0.6 is 0 Å². The molecule has 2 nitrogen and oxygen atoms in total. The Morgan fingerprint density at radius 2 is 2.29 bits per heavy atom. The van der Waals surface area contributed by atoms with Crippen LogP contribution in [0.15, 0.2) is 0 Å². The molecular formula is C4H9N2V-. The summed E-state index contributed by atoms with van der Waals surface area (Å²) in [5, 5.41) is 4.09. The molecular weight excluding hydrogens is 127 g/mol. The zero-order chi connectivity index (χ0) is 4.41. The number of nitrogens with zero attached hydrogens (tertiary/aromatic N) is 2. The summed E-state index contributed by atoms with van der Waals surface area (Å²) in [5.41, 5.74) is 0. The second-order valence-electron chi connectivity index (χ2n) is 1.67. The molecule has 41 valence electrons. The van der Waals surface area contributed by atoms with Gasteiger partial charge in [-0.25, -0.2) is 0 Å². The smallest absolute Gasteiger partial charge is 0 e. The van der Waals surface area contributed by atoms with Crippen molar-refractivity contribution >= 4 is 0 Å². The summed E-state index contributed by atoms with van der Waals surface area (Å²) < 4.78 is 0. The molecule has 0 spiro atoms. The molecule has 1 aliphatic rings. The van der Waals surface area contributed by atoms with Crippen molar-refractivity contribution in [3.05, 3.63) is 5.32 Å². The Morgan fingerprint density at radius 3 is 2.43 bits per heavy atom. The first-order chi connectivity index (χ1) is 2.89. The molecule has 0 N–H and O–H groups in total. The maximum absolute atomic E-state index is 4.09. The SMILES string of the molecule is CN1CC[N-]C1.[V]. The Bertz CT molecular complexity index is 43.0. The van der Waals surface area contributed by atoms with Crippen LogP contribution in [0.5, 0.6) is 0 Å². The Balaban J connectivity index is 0.000000360. The third kappa shape index (κ3) is 2.34. The molecule has 0 atom stereocenters. The molecule has 0 amide bonds. The predicted molar refractivity (Wildman–Crippen MR) is 25.7 cm³/mol. The molecule has 0 aromatic carbocycles. The van der Waals surface area contributed by atoms with Crippen molar-refractivity contribution in [2.45, 2.75) is 0 Å². The van der Waals surface area contributed by atoms with Crippen molar-refractivity contribution in [1.29, 1.82) is 0 Å². The molecule has 0 bridgehead atoms. The van der Waals surface area contributed by atoms with Gasteiger partial charge in [0.1, 0.15) is 0 Å². The maximum atomic E-state index is 4.09. The minimum Gasteiger partial charge on any atom is -0.649 e. The quantitative estimate of drug-likeness (QED) is 0.467. The minimum absolute atomic E-state index is 0. The van der Waals surface area contributed by atoms with E-state index in [1.807, 2.05) is 0 Å². The van der Waals surface area contributed by atoms with E-state index in [0.29, 0.717) is 0 Å². The van der Waals surface area contributed by atoms with Gasteiger partial charge in [0.25, 0.3) is 0 Å². The molecule has 1 saturated heterocycles. The van der Waals surface area contributed by atoms with Gasteiger partial charge in [0.05, 0.1) is 0 Å². The van der Waals surface area contributed by atoms with E-state index >= 15 is 0 Å². The van der Waals surface area contributed by atoms with Crippen LogP contribution in [0.4, 0.5) is 0 Å². The fraction of sp³-hybridized carbons (Fsp3) is 1.00. The molecule has 0 unspecified atom stereocenters. The van der Waals surface area contributed by atoms with Crippen molar-refractivity contribution in [2.75, 3.05) is 26.8 Å². The second-order valence-corrected chi connectivity index (χ2v) is 1.67. The van der Waals surface area contributed by atoms with Crippen LogP contribution in [0.25, 0.3) is 5.32 Å². The Kier molecular flexibility index (Phi) is 3.75. The van der Waals surface area contributed by atoms with Crippen LogP contribution in [0, 0.1) is 0 Å². The van der Waals surface area contributed by atoms with Gasteiger partial charge in [-0.1, -0.05) is 6.67 Å². The zero-order valence-corrected chi connectivity index (χ0v) is 5.86. The molecule has 0 aromatic rings. The Morgan fingerprint density at radius 1 is 1.57 bits per heavy atom. The fourth-order valence-electron chi connectivity index (χ4n) is 0.554. The summed E-state index contributed by atoms with van der Waals surface area (Å²) >= 11 is 0. The van der Waals surface area contributed by atoms with Crippen molar-refractivity contribution in [3.8, 4) is 0 Å². The minimum atomic E-state index is 0. The molecule has 1 radical (unpaired) electrons. The number of likely N-dealkylation sites (N-methyl/N-ethyl adjacent to an activating group) is 1. The summed E-state index contributed by atoms with van der Waals surface area (Å²) in [7, 11) is 2.08. The molecule has 0 saturated carbocycles. The standard InChI is InChI=1S/C4H9N2.V/c1-6-3-2-5-4-6;/h2-4H2,1H3;/q-1;. The normalized spacial score (nSPS) is 21.9. The first kappa shape index (κ1) is 7.50. The Hall–Kier alpha value is 0.504. The fourth-order valence-corrected chi connectivity index (χ4v) is 0.554. The second kappa shape index (κ2) is 3.50. The molecule has 7 heavy (non-hydrogen) atoms. The van der Waals surface area contributed by atoms with Gasteiger partial charge >= 0.3 is 0 Å². The van der Waals surface area contributed by atoms with E-state index < -0.39 is 0 Å². The molecule has 0 aliphatic carbocycles. The van der Waals surface area contributed by atoms with Gasteiger partial charge in [-0.2, -0.15) is 0 Å². The topological polar surface area (TPSA) is 17.3 Å². The van der Waals surface area contributed by atoms with Crippen molar-refractivity contribution in [3.63, 3.8) is 0 Å². The largest absolute Gasteiger partial charge is 0.649 e. The van der Waals surface area contributed by atoms with Crippen LogP contribution in [0.3, 0.4) is 0 Å². The van der Waals surface area contributed by atoms with Gasteiger partial charge < -0.3 is 10.2 Å². The summed E-state index contributed by atoms with van der Waals surface area (Å²) in [4.78, 5) is 2.19. The molecule has 1 fully saturated rings. The van der Waals surface area contributed by atoms with E-state index in [4.69, 9.17) is 0 Å². The van der Waals surface area contributed by atoms with E-state index in [2.05, 4.69) is 17.3 Å². The van der Waals surface area contributed by atoms with E-state index in [1.165, 1.54) is 0 Å². The van der Waals surface area contributed by atoms with Crippen molar-refractivity contribution in [2.24, 2.45) is 0 Å². The summed E-state index contributed by atoms with van der Waals surface area (Å²) in [6.07, 6.45) is 0. The van der Waals surface area contributed by atoms with Gasteiger partial charge in [-0.3, -0.25) is 0 Å². The molecule has 1 rings (SSSR count). The molecule has 1 aliphatic heterocycles. The van der Waals surface area contributed by atoms with E-state index in [9.17, 15) is 0 Å². The molecule has 0 aromatic heterocycles. The average Bonchev–Trinajstić information content (AvgIpc) is 1.86. The van der Waals surface area contributed by atoms with Crippen LogP contribution in [0.2, 0.25) is 0 Å². The van der Waals surface area contributed by atoms with Crippen molar-refractivity contribution < 1.29 is 18.6 Å². The molecule has 3 heteroatoms. The first-order valence-electron chi connectivity index (χ1n) is 2.21. The summed E-state index contributed by atoms with van der Waals surface area (Å²) in [6.45, 7) is 3.14. The summed E-state index contributed by atoms with van der Waals surface area (Å²) in [6, 6.07) is 0. The third-order valence-corrected chi connectivity index (χ3v) is 0.981. The van der Waals surface area contributed by atoms with E-state index in [1.54, 1.807) is 0 Å². The number of hydrogen-bond donors (Lipinski definition) is 0. The van der Waals surface area contributed by atoms with Gasteiger partial charge in [0.15, 0.2) is 0 Å². The number of rotatable bonds is 0. The van der Waals surface area contributed by atoms with Gasteiger partial charge in [-0.05, 0) is 13.6 Å². The first-order valence-corrected chi connectivity index (χ1v) is 2.21. The van der Waals surface area contributed by atoms with Crippen LogP contribution in [0.1, 0.15) is 0 Å². The van der Waals surface area contributed by atoms with E-state index in [-0.39, 0.29) is 18.6 Å². The average molecular weight is 136 g/mol. The van der Waals surface area contributed by atoms with Crippen LogP contribution < -0.4 is 0 Å². The van der Waals surface area contributed by atoms with Crippen molar-refractivity contribution in [1.82, 2.24) is 4.90 Å². The predicted octanol–water partition coefficient (Wildman–Crippen LogP) is 0.260. The van der Waals surface area contributed by atoms with Gasteiger partial charge in [-0.15, -0.1) is 6.54 Å². The Labute approximate surface area is 56.1 Å². The van der Waals surface area contributed by atoms with Crippen LogP contribution in [-0.2, 0) is 18.6 Å². The monoisotopic (exact) mass is 136 g/mol. The van der Waals surface area contributed by atoms with Crippen LogP contribution in [-0.4, -0.2) is 31.7 Å². The molecule has 1 heterocycles.